The number of nitriles is 1. The van der Waals surface area contributed by atoms with Crippen LogP contribution in [0.15, 0.2) is 97.6 Å². The summed E-state index contributed by atoms with van der Waals surface area (Å²) in [7, 11) is 0. The van der Waals surface area contributed by atoms with Crippen molar-refractivity contribution in [3.63, 3.8) is 0 Å². The van der Waals surface area contributed by atoms with Crippen molar-refractivity contribution >= 4 is 34.6 Å². The maximum Gasteiger partial charge on any atom is 0.255 e. The molecule has 1 aromatic heterocycles. The van der Waals surface area contributed by atoms with Gasteiger partial charge in [0.1, 0.15) is 35.6 Å². The standard InChI is InChI=1S/C38H34ClF2N7O3/c39-34-18-32(47-15-13-46(14-16-47)31-8-3-28(4-9-31)37(49)45-30-6-1-26(20-42)2-7-30)10-12-36(34)50-21-27-19-38(51-22-27,23-48-25-43-24-44-48)33-11-5-29(40)17-35(33)41/h1-12,17-18,24-25,27H,13-16,19,21-23H2,(H,45,49)/t27-,38-/m0/s1. The summed E-state index contributed by atoms with van der Waals surface area (Å²) < 4.78 is 42.7. The molecule has 1 amide bonds. The summed E-state index contributed by atoms with van der Waals surface area (Å²) >= 11 is 6.70. The molecule has 0 bridgehead atoms. The zero-order valence-electron chi connectivity index (χ0n) is 27.5. The van der Waals surface area contributed by atoms with Crippen LogP contribution in [0.5, 0.6) is 5.75 Å². The van der Waals surface area contributed by atoms with Gasteiger partial charge in [-0.15, -0.1) is 0 Å². The lowest BCUT2D eigenvalue weighted by Crippen LogP contribution is -2.46. The van der Waals surface area contributed by atoms with E-state index < -0.39 is 17.2 Å². The van der Waals surface area contributed by atoms with Crippen LogP contribution in [0.1, 0.15) is 27.9 Å². The maximum atomic E-state index is 15.0. The minimum Gasteiger partial charge on any atom is -0.492 e. The quantitative estimate of drug-likeness (QED) is 0.171. The van der Waals surface area contributed by atoms with Gasteiger partial charge < -0.3 is 24.6 Å². The van der Waals surface area contributed by atoms with E-state index in [2.05, 4.69) is 31.3 Å². The second-order valence-corrected chi connectivity index (χ2v) is 13.1. The number of carbonyl (C=O) groups is 1. The normalized spacial score (nSPS) is 18.7. The van der Waals surface area contributed by atoms with E-state index in [1.807, 2.05) is 42.5 Å². The average Bonchev–Trinajstić information content (AvgIpc) is 3.82. The van der Waals surface area contributed by atoms with Gasteiger partial charge in [-0.25, -0.2) is 18.4 Å². The molecule has 3 heterocycles. The molecule has 0 radical (unpaired) electrons. The monoisotopic (exact) mass is 709 g/mol. The summed E-state index contributed by atoms with van der Waals surface area (Å²) in [5.41, 5.74) is 2.95. The van der Waals surface area contributed by atoms with Crippen LogP contribution in [0, 0.1) is 28.9 Å². The van der Waals surface area contributed by atoms with E-state index in [0.717, 1.165) is 43.6 Å². The fraction of sp³-hybridized carbons (Fsp3) is 0.263. The van der Waals surface area contributed by atoms with Crippen LogP contribution in [-0.4, -0.2) is 60.1 Å². The average molecular weight is 710 g/mol. The number of piperazine rings is 1. The number of hydrogen-bond donors (Lipinski definition) is 1. The van der Waals surface area contributed by atoms with Crippen LogP contribution < -0.4 is 19.9 Å². The highest BCUT2D eigenvalue weighted by Crippen LogP contribution is 2.42. The Morgan fingerprint density at radius 3 is 2.37 bits per heavy atom. The van der Waals surface area contributed by atoms with Crippen molar-refractivity contribution in [1.29, 1.82) is 5.26 Å². The van der Waals surface area contributed by atoms with Crippen molar-refractivity contribution in [1.82, 2.24) is 14.8 Å². The number of nitrogens with one attached hydrogen (secondary N) is 1. The van der Waals surface area contributed by atoms with Crippen molar-refractivity contribution in [2.75, 3.05) is 54.5 Å². The first-order valence-corrected chi connectivity index (χ1v) is 16.9. The first-order chi connectivity index (χ1) is 24.8. The molecule has 13 heteroatoms. The first-order valence-electron chi connectivity index (χ1n) is 16.5. The number of amides is 1. The highest BCUT2D eigenvalue weighted by atomic mass is 35.5. The van der Waals surface area contributed by atoms with Crippen LogP contribution in [0.3, 0.4) is 0 Å². The molecular weight excluding hydrogens is 676 g/mol. The van der Waals surface area contributed by atoms with Gasteiger partial charge in [0.05, 0.1) is 36.4 Å². The minimum absolute atomic E-state index is 0.0761. The lowest BCUT2D eigenvalue weighted by Gasteiger charge is -2.37. The number of anilines is 3. The Balaban J connectivity index is 0.922. The van der Waals surface area contributed by atoms with E-state index in [9.17, 15) is 13.6 Å². The zero-order valence-corrected chi connectivity index (χ0v) is 28.3. The summed E-state index contributed by atoms with van der Waals surface area (Å²) in [6.45, 7) is 3.99. The lowest BCUT2D eigenvalue weighted by atomic mass is 9.87. The van der Waals surface area contributed by atoms with E-state index >= 15 is 0 Å². The number of aromatic nitrogens is 3. The van der Waals surface area contributed by atoms with Crippen molar-refractivity contribution in [3.05, 3.63) is 131 Å². The summed E-state index contributed by atoms with van der Waals surface area (Å²) in [6, 6.07) is 25.6. The lowest BCUT2D eigenvalue weighted by molar-refractivity contribution is -0.0206. The molecule has 2 aliphatic rings. The van der Waals surface area contributed by atoms with Crippen molar-refractivity contribution in [2.24, 2.45) is 5.92 Å². The molecule has 51 heavy (non-hydrogen) atoms. The van der Waals surface area contributed by atoms with E-state index in [1.165, 1.54) is 18.5 Å². The van der Waals surface area contributed by atoms with Gasteiger partial charge in [-0.1, -0.05) is 17.7 Å². The highest BCUT2D eigenvalue weighted by Gasteiger charge is 2.44. The molecule has 0 spiro atoms. The summed E-state index contributed by atoms with van der Waals surface area (Å²) in [4.78, 5) is 21.3. The predicted octanol–water partition coefficient (Wildman–Crippen LogP) is 6.67. The number of rotatable bonds is 10. The van der Waals surface area contributed by atoms with Gasteiger partial charge in [-0.2, -0.15) is 10.4 Å². The molecule has 5 aromatic rings. The number of nitrogens with zero attached hydrogens (tertiary/aromatic N) is 6. The van der Waals surface area contributed by atoms with Gasteiger partial charge in [0.15, 0.2) is 0 Å². The Morgan fingerprint density at radius 1 is 0.980 bits per heavy atom. The van der Waals surface area contributed by atoms with Crippen molar-refractivity contribution in [3.8, 4) is 11.8 Å². The number of ether oxygens (including phenoxy) is 2. The second-order valence-electron chi connectivity index (χ2n) is 12.7. The molecule has 0 unspecified atom stereocenters. The van der Waals surface area contributed by atoms with Crippen LogP contribution in [0.25, 0.3) is 0 Å². The third-order valence-corrected chi connectivity index (χ3v) is 9.62. The summed E-state index contributed by atoms with van der Waals surface area (Å²) in [6.07, 6.45) is 3.38. The topological polar surface area (TPSA) is 109 Å². The largest absolute Gasteiger partial charge is 0.492 e. The second kappa shape index (κ2) is 14.8. The molecule has 260 valence electrons. The van der Waals surface area contributed by atoms with E-state index in [4.69, 9.17) is 26.3 Å². The van der Waals surface area contributed by atoms with E-state index in [1.54, 1.807) is 35.3 Å². The molecule has 2 saturated heterocycles. The van der Waals surface area contributed by atoms with Gasteiger partial charge in [0.25, 0.3) is 5.91 Å². The van der Waals surface area contributed by atoms with Gasteiger partial charge in [0, 0.05) is 66.4 Å². The molecule has 4 aromatic carbocycles. The number of carbonyl (C=O) groups excluding carboxylic acids is 1. The zero-order chi connectivity index (χ0) is 35.4. The Bertz CT molecular complexity index is 2030. The molecule has 2 aliphatic heterocycles. The Hall–Kier alpha value is -5.51. The molecule has 0 saturated carbocycles. The van der Waals surface area contributed by atoms with Gasteiger partial charge in [0.2, 0.25) is 0 Å². The van der Waals surface area contributed by atoms with Crippen LogP contribution in [0.4, 0.5) is 25.8 Å². The third kappa shape index (κ3) is 7.65. The van der Waals surface area contributed by atoms with Crippen LogP contribution >= 0.6 is 11.6 Å². The molecule has 2 atom stereocenters. The van der Waals surface area contributed by atoms with Gasteiger partial charge in [-0.3, -0.25) is 4.79 Å². The molecule has 2 fully saturated rings. The summed E-state index contributed by atoms with van der Waals surface area (Å²) in [5, 5.41) is 16.5. The highest BCUT2D eigenvalue weighted by molar-refractivity contribution is 6.32. The van der Waals surface area contributed by atoms with Crippen molar-refractivity contribution in [2.45, 2.75) is 18.6 Å². The smallest absolute Gasteiger partial charge is 0.255 e. The fourth-order valence-electron chi connectivity index (χ4n) is 6.68. The van der Waals surface area contributed by atoms with Crippen molar-refractivity contribution < 1.29 is 23.0 Å². The third-order valence-electron chi connectivity index (χ3n) is 9.32. The number of hydrogen-bond acceptors (Lipinski definition) is 8. The fourth-order valence-corrected chi connectivity index (χ4v) is 6.90. The van der Waals surface area contributed by atoms with Crippen LogP contribution in [0.2, 0.25) is 5.02 Å². The van der Waals surface area contributed by atoms with Crippen LogP contribution in [-0.2, 0) is 16.9 Å². The van der Waals surface area contributed by atoms with E-state index in [-0.39, 0.29) is 23.9 Å². The minimum atomic E-state index is -1.06. The molecule has 10 nitrogen and oxygen atoms in total. The van der Waals surface area contributed by atoms with Gasteiger partial charge >= 0.3 is 0 Å². The SMILES string of the molecule is N#Cc1ccc(NC(=O)c2ccc(N3CCN(c4ccc(OC[C@H]5CO[C@@](Cn6cncn6)(c6ccc(F)cc6F)C5)c(Cl)c4)CC3)cc2)cc1. The summed E-state index contributed by atoms with van der Waals surface area (Å²) in [5.74, 6) is -1.07. The molecular formula is C38H34ClF2N7O3. The Morgan fingerprint density at radius 2 is 1.71 bits per heavy atom. The molecule has 1 N–H and O–H groups in total. The number of halogens is 3. The Kier molecular flexibility index (Phi) is 9.83. The van der Waals surface area contributed by atoms with E-state index in [0.29, 0.717) is 47.2 Å². The molecule has 0 aliphatic carbocycles. The van der Waals surface area contributed by atoms with Gasteiger partial charge in [-0.05, 0) is 79.2 Å². The Labute approximate surface area is 298 Å². The number of benzene rings is 4. The molecule has 7 rings (SSSR count). The predicted molar refractivity (Wildman–Crippen MR) is 189 cm³/mol. The first kappa shape index (κ1) is 34.0. The maximum absolute atomic E-state index is 15.0.